The summed E-state index contributed by atoms with van der Waals surface area (Å²) in [5.41, 5.74) is 0. The Balaban J connectivity index is 1.09. The minimum absolute atomic E-state index is 0.243. The number of rotatable bonds is 3. The summed E-state index contributed by atoms with van der Waals surface area (Å²) in [4.78, 5) is 12.5. The Labute approximate surface area is 118 Å². The van der Waals surface area contributed by atoms with Gasteiger partial charge in [0.1, 0.15) is 0 Å². The van der Waals surface area contributed by atoms with Crippen molar-refractivity contribution in [2.24, 2.45) is 35.5 Å². The highest BCUT2D eigenvalue weighted by molar-refractivity contribution is 5.79. The number of carbonyl (C=O) groups is 1. The second kappa shape index (κ2) is 3.41. The molecule has 2 saturated heterocycles. The van der Waals surface area contributed by atoms with Crippen molar-refractivity contribution in [3.63, 3.8) is 0 Å². The van der Waals surface area contributed by atoms with Crippen molar-refractivity contribution in [2.45, 2.75) is 50.1 Å². The summed E-state index contributed by atoms with van der Waals surface area (Å²) >= 11 is 0. The summed E-state index contributed by atoms with van der Waals surface area (Å²) in [5.74, 6) is 3.98. The summed E-state index contributed by atoms with van der Waals surface area (Å²) in [6.07, 6.45) is 7.05. The maximum absolute atomic E-state index is 12.5. The van der Waals surface area contributed by atoms with Gasteiger partial charge in [-0.25, -0.2) is 0 Å². The second-order valence-electron chi connectivity index (χ2n) is 8.03. The number of nitrogens with one attached hydrogen (secondary N) is 1. The van der Waals surface area contributed by atoms with Crippen molar-refractivity contribution in [1.82, 2.24) is 5.32 Å². The van der Waals surface area contributed by atoms with Crippen LogP contribution in [0.5, 0.6) is 0 Å². The van der Waals surface area contributed by atoms with Crippen molar-refractivity contribution >= 4 is 5.91 Å². The molecule has 1 N–H and O–H groups in total. The molecule has 4 heteroatoms. The molecule has 6 aliphatic rings. The normalized spacial score (nSPS) is 63.2. The molecule has 0 aromatic carbocycles. The Morgan fingerprint density at radius 1 is 0.900 bits per heavy atom. The van der Waals surface area contributed by atoms with Gasteiger partial charge in [0.25, 0.3) is 0 Å². The van der Waals surface area contributed by atoms with Gasteiger partial charge in [-0.3, -0.25) is 4.79 Å². The van der Waals surface area contributed by atoms with Crippen LogP contribution in [0.15, 0.2) is 0 Å². The van der Waals surface area contributed by atoms with Gasteiger partial charge in [0, 0.05) is 12.5 Å². The van der Waals surface area contributed by atoms with E-state index in [4.69, 9.17) is 9.47 Å². The molecule has 1 amide bonds. The van der Waals surface area contributed by atoms with E-state index in [-0.39, 0.29) is 5.92 Å². The molecule has 2 heterocycles. The number of carbonyl (C=O) groups excluding carboxylic acids is 1. The monoisotopic (exact) mass is 275 g/mol. The van der Waals surface area contributed by atoms with Gasteiger partial charge in [0.2, 0.25) is 5.91 Å². The van der Waals surface area contributed by atoms with Crippen LogP contribution in [0.4, 0.5) is 0 Å². The van der Waals surface area contributed by atoms with Crippen LogP contribution in [0.25, 0.3) is 0 Å². The molecule has 108 valence electrons. The van der Waals surface area contributed by atoms with E-state index in [1.165, 1.54) is 19.3 Å². The van der Waals surface area contributed by atoms with Gasteiger partial charge >= 0.3 is 0 Å². The molecule has 2 aliphatic heterocycles. The standard InChI is InChI=1S/C16H21NO3/c18-16(11-4-7-3-10(11)15-13(7)20-15)17-5-8-1-6-2-9(8)14-12(6)19-14/h6-15H,1-5H2,(H,17,18)/t6-,7-,8+,9-,10+,11+,12+,13-,14-,15+/m1/s1. The molecule has 0 aromatic rings. The predicted octanol–water partition coefficient (Wildman–Crippen LogP) is 0.949. The van der Waals surface area contributed by atoms with Gasteiger partial charge in [0.15, 0.2) is 0 Å². The zero-order chi connectivity index (χ0) is 13.0. The number of hydrogen-bond acceptors (Lipinski definition) is 3. The van der Waals surface area contributed by atoms with Crippen molar-refractivity contribution in [1.29, 1.82) is 0 Å². The maximum Gasteiger partial charge on any atom is 0.223 e. The minimum atomic E-state index is 0.243. The molecule has 20 heavy (non-hydrogen) atoms. The lowest BCUT2D eigenvalue weighted by Gasteiger charge is -2.23. The first-order chi connectivity index (χ1) is 9.79. The molecule has 10 atom stereocenters. The summed E-state index contributed by atoms with van der Waals surface area (Å²) in [7, 11) is 0. The van der Waals surface area contributed by atoms with E-state index in [1.54, 1.807) is 0 Å². The van der Waals surface area contributed by atoms with Gasteiger partial charge in [-0.05, 0) is 55.3 Å². The van der Waals surface area contributed by atoms with E-state index in [0.717, 1.165) is 24.8 Å². The highest BCUT2D eigenvalue weighted by atomic mass is 16.6. The lowest BCUT2D eigenvalue weighted by atomic mass is 9.86. The third-order valence-corrected chi connectivity index (χ3v) is 7.21. The van der Waals surface area contributed by atoms with Crippen LogP contribution in [0.3, 0.4) is 0 Å². The lowest BCUT2D eigenvalue weighted by Crippen LogP contribution is -2.39. The fourth-order valence-electron chi connectivity index (χ4n) is 6.23. The number of fused-ring (bicyclic) bond motifs is 10. The highest BCUT2D eigenvalue weighted by Gasteiger charge is 2.65. The van der Waals surface area contributed by atoms with Gasteiger partial charge in [0.05, 0.1) is 24.4 Å². The van der Waals surface area contributed by atoms with Gasteiger partial charge < -0.3 is 14.8 Å². The Bertz CT molecular complexity index is 494. The Hall–Kier alpha value is -0.610. The third-order valence-electron chi connectivity index (χ3n) is 7.21. The topological polar surface area (TPSA) is 54.2 Å². The lowest BCUT2D eigenvalue weighted by molar-refractivity contribution is -0.126. The molecule has 4 aliphatic carbocycles. The first kappa shape index (κ1) is 11.0. The molecule has 4 saturated carbocycles. The van der Waals surface area contributed by atoms with E-state index < -0.39 is 0 Å². The Kier molecular flexibility index (Phi) is 1.88. The number of hydrogen-bond donors (Lipinski definition) is 1. The smallest absolute Gasteiger partial charge is 0.223 e. The molecule has 6 rings (SSSR count). The quantitative estimate of drug-likeness (QED) is 0.780. The average Bonchev–Trinajstić information content (AvgIpc) is 3.30. The van der Waals surface area contributed by atoms with E-state index in [2.05, 4.69) is 5.32 Å². The molecule has 4 nitrogen and oxygen atoms in total. The SMILES string of the molecule is O=C(NC[C@@H]1C[C@@H]2C[C@H]1[C@H]1O[C@@H]21)[C@H]1C[C@H]2C[C@@H]1[C@@H]1O[C@H]21. The van der Waals surface area contributed by atoms with Crippen molar-refractivity contribution < 1.29 is 14.3 Å². The van der Waals surface area contributed by atoms with Crippen LogP contribution in [0, 0.1) is 35.5 Å². The fraction of sp³-hybridized carbons (Fsp3) is 0.938. The molecular formula is C16H21NO3. The molecule has 0 spiro atoms. The molecule has 6 fully saturated rings. The highest BCUT2D eigenvalue weighted by Crippen LogP contribution is 2.60. The van der Waals surface area contributed by atoms with Crippen LogP contribution in [0.1, 0.15) is 25.7 Å². The first-order valence-corrected chi connectivity index (χ1v) is 8.38. The Morgan fingerprint density at radius 3 is 2.25 bits per heavy atom. The largest absolute Gasteiger partial charge is 0.369 e. The van der Waals surface area contributed by atoms with Crippen LogP contribution in [-0.2, 0) is 14.3 Å². The van der Waals surface area contributed by atoms with Crippen molar-refractivity contribution in [2.75, 3.05) is 6.54 Å². The van der Waals surface area contributed by atoms with E-state index in [0.29, 0.717) is 48.1 Å². The van der Waals surface area contributed by atoms with Gasteiger partial charge in [-0.15, -0.1) is 0 Å². The van der Waals surface area contributed by atoms with Crippen LogP contribution >= 0.6 is 0 Å². The molecular weight excluding hydrogens is 254 g/mol. The summed E-state index contributed by atoms with van der Waals surface area (Å²) in [6, 6.07) is 0. The zero-order valence-electron chi connectivity index (χ0n) is 11.5. The van der Waals surface area contributed by atoms with Crippen molar-refractivity contribution in [3.8, 4) is 0 Å². The van der Waals surface area contributed by atoms with Gasteiger partial charge in [-0.2, -0.15) is 0 Å². The van der Waals surface area contributed by atoms with Crippen LogP contribution in [0.2, 0.25) is 0 Å². The third kappa shape index (κ3) is 1.28. The molecule has 0 radical (unpaired) electrons. The number of epoxide rings is 2. The molecule has 0 unspecified atom stereocenters. The minimum Gasteiger partial charge on any atom is -0.369 e. The van der Waals surface area contributed by atoms with E-state index >= 15 is 0 Å². The summed E-state index contributed by atoms with van der Waals surface area (Å²) < 4.78 is 11.4. The van der Waals surface area contributed by atoms with Gasteiger partial charge in [-0.1, -0.05) is 0 Å². The van der Waals surface area contributed by atoms with E-state index in [9.17, 15) is 4.79 Å². The molecule has 0 aromatic heterocycles. The number of ether oxygens (including phenoxy) is 2. The van der Waals surface area contributed by atoms with Crippen LogP contribution in [-0.4, -0.2) is 36.9 Å². The predicted molar refractivity (Wildman–Crippen MR) is 69.7 cm³/mol. The van der Waals surface area contributed by atoms with Crippen LogP contribution < -0.4 is 5.32 Å². The average molecular weight is 275 g/mol. The fourth-order valence-corrected chi connectivity index (χ4v) is 6.23. The second-order valence-corrected chi connectivity index (χ2v) is 8.03. The summed E-state index contributed by atoms with van der Waals surface area (Å²) in [6.45, 7) is 0.884. The molecule has 4 bridgehead atoms. The summed E-state index contributed by atoms with van der Waals surface area (Å²) in [5, 5.41) is 3.26. The first-order valence-electron chi connectivity index (χ1n) is 8.38. The number of amides is 1. The van der Waals surface area contributed by atoms with Crippen molar-refractivity contribution in [3.05, 3.63) is 0 Å². The zero-order valence-corrected chi connectivity index (χ0v) is 11.5. The Morgan fingerprint density at radius 2 is 1.60 bits per heavy atom. The maximum atomic E-state index is 12.5. The van der Waals surface area contributed by atoms with E-state index in [1.807, 2.05) is 0 Å².